The highest BCUT2D eigenvalue weighted by atomic mass is 32.1. The summed E-state index contributed by atoms with van der Waals surface area (Å²) < 4.78 is 43.8. The summed E-state index contributed by atoms with van der Waals surface area (Å²) in [5, 5.41) is 2.54. The molecule has 0 aliphatic rings. The Morgan fingerprint density at radius 3 is 2.57 bits per heavy atom. The van der Waals surface area contributed by atoms with Gasteiger partial charge >= 0.3 is 6.18 Å². The quantitative estimate of drug-likeness (QED) is 0.371. The van der Waals surface area contributed by atoms with Crippen LogP contribution in [0.25, 0.3) is 0 Å². The summed E-state index contributed by atoms with van der Waals surface area (Å²) in [4.78, 5) is 12.2. The molecule has 0 atom stereocenters. The third kappa shape index (κ3) is 6.73. The molecule has 0 aliphatic carbocycles. The van der Waals surface area contributed by atoms with E-state index < -0.39 is 17.6 Å². The fourth-order valence-electron chi connectivity index (χ4n) is 2.18. The maximum absolute atomic E-state index is 12.7. The van der Waals surface area contributed by atoms with Crippen molar-refractivity contribution >= 4 is 28.9 Å². The largest absolute Gasteiger partial charge is 0.494 e. The zero-order valence-corrected chi connectivity index (χ0v) is 15.9. The summed E-state index contributed by atoms with van der Waals surface area (Å²) in [6.45, 7) is 2.61. The summed E-state index contributed by atoms with van der Waals surface area (Å²) in [5.41, 5.74) is 4.54. The minimum absolute atomic E-state index is 0.0528. The van der Waals surface area contributed by atoms with E-state index in [1.54, 1.807) is 24.3 Å². The van der Waals surface area contributed by atoms with E-state index in [9.17, 15) is 18.0 Å². The molecule has 9 heteroatoms. The lowest BCUT2D eigenvalue weighted by Gasteiger charge is -2.13. The Hall–Kier alpha value is -2.81. The lowest BCUT2D eigenvalue weighted by atomic mass is 10.2. The molecule has 2 aromatic rings. The van der Waals surface area contributed by atoms with Gasteiger partial charge in [-0.2, -0.15) is 13.2 Å². The Morgan fingerprint density at radius 1 is 1.11 bits per heavy atom. The van der Waals surface area contributed by atoms with Crippen LogP contribution in [-0.4, -0.2) is 17.6 Å². The van der Waals surface area contributed by atoms with E-state index in [4.69, 9.17) is 17.0 Å². The van der Waals surface area contributed by atoms with Crippen LogP contribution >= 0.6 is 12.2 Å². The summed E-state index contributed by atoms with van der Waals surface area (Å²) in [6.07, 6.45) is -2.54. The Labute approximate surface area is 166 Å². The third-order valence-corrected chi connectivity index (χ3v) is 3.80. The molecule has 0 aliphatic heterocycles. The van der Waals surface area contributed by atoms with Crippen LogP contribution in [0.3, 0.4) is 0 Å². The number of carbonyl (C=O) groups is 1. The SMILES string of the molecule is CCCCOc1cccc(C(=O)NNC(=S)Nc2cccc(C(F)(F)F)c2)c1. The number of hydrazine groups is 1. The maximum Gasteiger partial charge on any atom is 0.416 e. The van der Waals surface area contributed by atoms with Crippen LogP contribution in [0.1, 0.15) is 35.7 Å². The lowest BCUT2D eigenvalue weighted by molar-refractivity contribution is -0.137. The molecule has 0 spiro atoms. The summed E-state index contributed by atoms with van der Waals surface area (Å²) in [6, 6.07) is 11.2. The van der Waals surface area contributed by atoms with Crippen molar-refractivity contribution in [3.63, 3.8) is 0 Å². The number of hydrogen-bond donors (Lipinski definition) is 3. The highest BCUT2D eigenvalue weighted by Crippen LogP contribution is 2.30. The minimum Gasteiger partial charge on any atom is -0.494 e. The van der Waals surface area contributed by atoms with Gasteiger partial charge < -0.3 is 10.1 Å². The van der Waals surface area contributed by atoms with E-state index in [1.165, 1.54) is 12.1 Å². The number of anilines is 1. The van der Waals surface area contributed by atoms with Crippen molar-refractivity contribution in [1.82, 2.24) is 10.9 Å². The molecule has 5 nitrogen and oxygen atoms in total. The average molecular weight is 411 g/mol. The van der Waals surface area contributed by atoms with Crippen LogP contribution in [0.2, 0.25) is 0 Å². The predicted octanol–water partition coefficient (Wildman–Crippen LogP) is 4.52. The molecular weight excluding hydrogens is 391 g/mol. The van der Waals surface area contributed by atoms with Gasteiger partial charge in [-0.05, 0) is 55.0 Å². The van der Waals surface area contributed by atoms with Gasteiger partial charge in [-0.15, -0.1) is 0 Å². The summed E-state index contributed by atoms with van der Waals surface area (Å²) in [5.74, 6) is 0.111. The summed E-state index contributed by atoms with van der Waals surface area (Å²) >= 11 is 4.99. The molecule has 0 heterocycles. The van der Waals surface area contributed by atoms with E-state index in [0.29, 0.717) is 17.9 Å². The van der Waals surface area contributed by atoms with Crippen LogP contribution in [0.5, 0.6) is 5.75 Å². The van der Waals surface area contributed by atoms with Gasteiger partial charge in [0.05, 0.1) is 12.2 Å². The number of alkyl halides is 3. The highest BCUT2D eigenvalue weighted by Gasteiger charge is 2.30. The van der Waals surface area contributed by atoms with Crippen LogP contribution < -0.4 is 20.9 Å². The fraction of sp³-hybridized carbons (Fsp3) is 0.263. The molecule has 0 fully saturated rings. The van der Waals surface area contributed by atoms with Crippen molar-refractivity contribution in [1.29, 1.82) is 0 Å². The number of unbranched alkanes of at least 4 members (excludes halogenated alkanes) is 1. The topological polar surface area (TPSA) is 62.4 Å². The normalized spacial score (nSPS) is 10.9. The van der Waals surface area contributed by atoms with Crippen LogP contribution in [0.4, 0.5) is 18.9 Å². The molecule has 0 saturated heterocycles. The Kier molecular flexibility index (Phi) is 7.62. The first kappa shape index (κ1) is 21.5. The number of hydrogen-bond acceptors (Lipinski definition) is 3. The average Bonchev–Trinajstić information content (AvgIpc) is 2.66. The fourth-order valence-corrected chi connectivity index (χ4v) is 2.35. The number of nitrogens with one attached hydrogen (secondary N) is 3. The molecule has 0 bridgehead atoms. The van der Waals surface area contributed by atoms with Crippen molar-refractivity contribution in [2.75, 3.05) is 11.9 Å². The van der Waals surface area contributed by atoms with Crippen molar-refractivity contribution in [3.8, 4) is 5.75 Å². The van der Waals surface area contributed by atoms with Gasteiger partial charge in [0, 0.05) is 11.3 Å². The Morgan fingerprint density at radius 2 is 1.86 bits per heavy atom. The predicted molar refractivity (Wildman–Crippen MR) is 105 cm³/mol. The van der Waals surface area contributed by atoms with Gasteiger partial charge in [0.2, 0.25) is 0 Å². The number of rotatable bonds is 6. The second-order valence-corrected chi connectivity index (χ2v) is 6.25. The van der Waals surface area contributed by atoms with Gasteiger partial charge in [0.1, 0.15) is 5.75 Å². The molecule has 0 unspecified atom stereocenters. The van der Waals surface area contributed by atoms with Crippen molar-refractivity contribution < 1.29 is 22.7 Å². The van der Waals surface area contributed by atoms with Crippen molar-refractivity contribution in [2.24, 2.45) is 0 Å². The van der Waals surface area contributed by atoms with E-state index in [-0.39, 0.29) is 10.8 Å². The molecule has 2 aromatic carbocycles. The molecule has 0 saturated carbocycles. The number of ether oxygens (including phenoxy) is 1. The highest BCUT2D eigenvalue weighted by molar-refractivity contribution is 7.80. The number of amides is 1. The van der Waals surface area contributed by atoms with Gasteiger partial charge in [0.25, 0.3) is 5.91 Å². The van der Waals surface area contributed by atoms with E-state index >= 15 is 0 Å². The van der Waals surface area contributed by atoms with Gasteiger partial charge in [0.15, 0.2) is 5.11 Å². The molecule has 1 amide bonds. The van der Waals surface area contributed by atoms with E-state index in [2.05, 4.69) is 23.1 Å². The van der Waals surface area contributed by atoms with Crippen molar-refractivity contribution in [2.45, 2.75) is 25.9 Å². The zero-order chi connectivity index (χ0) is 20.6. The molecule has 150 valence electrons. The first-order chi connectivity index (χ1) is 13.3. The van der Waals surface area contributed by atoms with Crippen LogP contribution in [-0.2, 0) is 6.18 Å². The molecule has 0 aromatic heterocycles. The first-order valence-electron chi connectivity index (χ1n) is 8.57. The Bertz CT molecular complexity index is 828. The molecule has 28 heavy (non-hydrogen) atoms. The summed E-state index contributed by atoms with van der Waals surface area (Å²) in [7, 11) is 0. The second kappa shape index (κ2) is 9.93. The third-order valence-electron chi connectivity index (χ3n) is 3.60. The standard InChI is InChI=1S/C19H20F3N3O2S/c1-2-3-10-27-16-9-4-6-13(11-16)17(26)24-25-18(28)23-15-8-5-7-14(12-15)19(20,21)22/h4-9,11-12H,2-3,10H2,1H3,(H,24,26)(H2,23,25,28). The number of halogens is 3. The monoisotopic (exact) mass is 411 g/mol. The zero-order valence-electron chi connectivity index (χ0n) is 15.1. The minimum atomic E-state index is -4.45. The Balaban J connectivity index is 1.89. The smallest absolute Gasteiger partial charge is 0.416 e. The lowest BCUT2D eigenvalue weighted by Crippen LogP contribution is -2.43. The van der Waals surface area contributed by atoms with Crippen molar-refractivity contribution in [3.05, 3.63) is 59.7 Å². The number of benzene rings is 2. The maximum atomic E-state index is 12.7. The molecule has 2 rings (SSSR count). The number of thiocarbonyl (C=S) groups is 1. The molecule has 3 N–H and O–H groups in total. The second-order valence-electron chi connectivity index (χ2n) is 5.84. The molecule has 0 radical (unpaired) electrons. The number of carbonyl (C=O) groups excluding carboxylic acids is 1. The first-order valence-corrected chi connectivity index (χ1v) is 8.98. The van der Waals surface area contributed by atoms with Crippen LogP contribution in [0.15, 0.2) is 48.5 Å². The van der Waals surface area contributed by atoms with E-state index in [0.717, 1.165) is 25.0 Å². The van der Waals surface area contributed by atoms with Gasteiger partial charge in [-0.3, -0.25) is 15.6 Å². The van der Waals surface area contributed by atoms with Crippen LogP contribution in [0, 0.1) is 0 Å². The van der Waals surface area contributed by atoms with Gasteiger partial charge in [-0.1, -0.05) is 25.5 Å². The molecular formula is C19H20F3N3O2S. The van der Waals surface area contributed by atoms with Gasteiger partial charge in [-0.25, -0.2) is 0 Å². The van der Waals surface area contributed by atoms with E-state index in [1.807, 2.05) is 0 Å².